The number of sulfonamides is 1. The van der Waals surface area contributed by atoms with Crippen LogP contribution in [0.2, 0.25) is 0 Å². The van der Waals surface area contributed by atoms with E-state index in [2.05, 4.69) is 25.5 Å². The summed E-state index contributed by atoms with van der Waals surface area (Å²) in [7, 11) is -3.42. The third kappa shape index (κ3) is 5.03. The first-order valence-corrected chi connectivity index (χ1v) is 13.1. The van der Waals surface area contributed by atoms with Gasteiger partial charge in [-0.3, -0.25) is 0 Å². The Balaban J connectivity index is 1.81. The minimum Gasteiger partial charge on any atom is -0.347 e. The Hall–Kier alpha value is -2.32. The van der Waals surface area contributed by atoms with Crippen LogP contribution in [-0.2, 0) is 22.7 Å². The number of nitrogens with one attached hydrogen (secondary N) is 1. The maximum atomic E-state index is 13.6. The minimum atomic E-state index is -4.46. The second kappa shape index (κ2) is 8.72. The van der Waals surface area contributed by atoms with Crippen molar-refractivity contribution in [3.63, 3.8) is 0 Å². The summed E-state index contributed by atoms with van der Waals surface area (Å²) in [5.41, 5.74) is 1.44. The number of fused-ring (bicyclic) bond motifs is 1. The van der Waals surface area contributed by atoms with Gasteiger partial charge in [0.2, 0.25) is 10.0 Å². The molecule has 0 saturated heterocycles. The van der Waals surface area contributed by atoms with Gasteiger partial charge < -0.3 is 4.57 Å². The van der Waals surface area contributed by atoms with Crippen molar-refractivity contribution in [2.45, 2.75) is 71.0 Å². The average molecular weight is 493 g/mol. The highest BCUT2D eigenvalue weighted by molar-refractivity contribution is 7.90. The van der Waals surface area contributed by atoms with Crippen LogP contribution in [-0.4, -0.2) is 18.2 Å². The quantitative estimate of drug-likeness (QED) is 0.407. The van der Waals surface area contributed by atoms with Gasteiger partial charge in [-0.15, -0.1) is 0 Å². The van der Waals surface area contributed by atoms with E-state index >= 15 is 0 Å². The average Bonchev–Trinajstić information content (AvgIpc) is 3.01. The number of benzene rings is 2. The molecule has 1 saturated carbocycles. The summed E-state index contributed by atoms with van der Waals surface area (Å²) in [6, 6.07) is 10.4. The lowest BCUT2D eigenvalue weighted by Crippen LogP contribution is -2.39. The van der Waals surface area contributed by atoms with Crippen LogP contribution in [0.3, 0.4) is 0 Å². The van der Waals surface area contributed by atoms with Crippen molar-refractivity contribution >= 4 is 20.9 Å². The number of hydrogen-bond donors (Lipinski definition) is 1. The first kappa shape index (κ1) is 24.8. The topological polar surface area (TPSA) is 51.1 Å². The molecule has 3 aromatic rings. The number of hydrogen-bond acceptors (Lipinski definition) is 2. The molecule has 4 rings (SSSR count). The highest BCUT2D eigenvalue weighted by Crippen LogP contribution is 2.39. The molecular weight excluding hydrogens is 461 g/mol. The maximum Gasteiger partial charge on any atom is 0.417 e. The Bertz CT molecular complexity index is 1300. The molecule has 1 aliphatic carbocycles. The molecule has 184 valence electrons. The summed E-state index contributed by atoms with van der Waals surface area (Å²) in [5, 5.41) is 0.490. The van der Waals surface area contributed by atoms with Crippen LogP contribution in [0.4, 0.5) is 13.2 Å². The van der Waals surface area contributed by atoms with Crippen molar-refractivity contribution in [2.24, 2.45) is 5.41 Å². The standard InChI is InChI=1S/C26H31F3N2O2S/c1-17(30-34(32,33)19-8-7-9-19)22-15-31(16-25(2,3)4)24-14-18(12-13-21(22)24)20-10-5-6-11-23(20)26(27,28)29/h5-6,10-15,17,19,30H,7-9,16H2,1-4H3. The molecule has 0 radical (unpaired) electrons. The van der Waals surface area contributed by atoms with Gasteiger partial charge in [-0.1, -0.05) is 57.5 Å². The maximum absolute atomic E-state index is 13.6. The summed E-state index contributed by atoms with van der Waals surface area (Å²) in [4.78, 5) is 0. The van der Waals surface area contributed by atoms with Crippen molar-refractivity contribution in [1.82, 2.24) is 9.29 Å². The Kier molecular flexibility index (Phi) is 6.36. The van der Waals surface area contributed by atoms with Gasteiger partial charge in [0.15, 0.2) is 0 Å². The molecule has 0 spiro atoms. The summed E-state index contributed by atoms with van der Waals surface area (Å²) >= 11 is 0. The first-order chi connectivity index (χ1) is 15.8. The lowest BCUT2D eigenvalue weighted by atomic mass is 9.96. The molecule has 1 heterocycles. The first-order valence-electron chi connectivity index (χ1n) is 11.6. The lowest BCUT2D eigenvalue weighted by molar-refractivity contribution is -0.137. The van der Waals surface area contributed by atoms with Crippen molar-refractivity contribution in [2.75, 3.05) is 0 Å². The van der Waals surface area contributed by atoms with Gasteiger partial charge in [0.25, 0.3) is 0 Å². The molecule has 2 aromatic carbocycles. The van der Waals surface area contributed by atoms with Crippen LogP contribution < -0.4 is 4.72 Å². The Morgan fingerprint density at radius 2 is 1.76 bits per heavy atom. The molecule has 0 bridgehead atoms. The molecule has 0 amide bonds. The normalized spacial score (nSPS) is 16.6. The molecule has 8 heteroatoms. The number of alkyl halides is 3. The fourth-order valence-corrected chi connectivity index (χ4v) is 6.31. The van der Waals surface area contributed by atoms with Crippen LogP contribution in [0.15, 0.2) is 48.7 Å². The fraction of sp³-hybridized carbons (Fsp3) is 0.462. The highest BCUT2D eigenvalue weighted by atomic mass is 32.2. The van der Waals surface area contributed by atoms with Gasteiger partial charge in [0.1, 0.15) is 0 Å². The third-order valence-corrected chi connectivity index (χ3v) is 8.43. The summed E-state index contributed by atoms with van der Waals surface area (Å²) in [6.45, 7) is 8.72. The van der Waals surface area contributed by atoms with Crippen LogP contribution in [0, 0.1) is 5.41 Å². The lowest BCUT2D eigenvalue weighted by Gasteiger charge is -2.27. The molecule has 0 aliphatic heterocycles. The van der Waals surface area contributed by atoms with Crippen LogP contribution in [0.1, 0.15) is 64.1 Å². The van der Waals surface area contributed by atoms with Crippen molar-refractivity contribution < 1.29 is 21.6 Å². The monoisotopic (exact) mass is 492 g/mol. The third-order valence-electron chi connectivity index (χ3n) is 6.40. The van der Waals surface area contributed by atoms with Crippen LogP contribution in [0.25, 0.3) is 22.0 Å². The summed E-state index contributed by atoms with van der Waals surface area (Å²) < 4.78 is 71.2. The van der Waals surface area contributed by atoms with E-state index in [1.54, 1.807) is 24.3 Å². The van der Waals surface area contributed by atoms with Crippen molar-refractivity contribution in [3.8, 4) is 11.1 Å². The van der Waals surface area contributed by atoms with E-state index in [9.17, 15) is 21.6 Å². The van der Waals surface area contributed by atoms with Crippen LogP contribution in [0.5, 0.6) is 0 Å². The predicted octanol–water partition coefficient (Wildman–Crippen LogP) is 6.91. The zero-order chi connectivity index (χ0) is 24.9. The van der Waals surface area contributed by atoms with Crippen molar-refractivity contribution in [3.05, 3.63) is 59.8 Å². The molecular formula is C26H31F3N2O2S. The Morgan fingerprint density at radius 3 is 2.35 bits per heavy atom. The molecule has 4 nitrogen and oxygen atoms in total. The number of halogens is 3. The molecule has 1 aliphatic rings. The summed E-state index contributed by atoms with van der Waals surface area (Å²) in [6.07, 6.45) is -0.250. The van der Waals surface area contributed by atoms with Gasteiger partial charge in [-0.25, -0.2) is 13.1 Å². The van der Waals surface area contributed by atoms with E-state index in [0.717, 1.165) is 29.0 Å². The highest BCUT2D eigenvalue weighted by Gasteiger charge is 2.34. The SMILES string of the molecule is CC(NS(=O)(=O)C1CCC1)c1cn(CC(C)(C)C)c2cc(-c3ccccc3C(F)(F)F)ccc12. The Morgan fingerprint density at radius 1 is 1.09 bits per heavy atom. The second-order valence-electron chi connectivity index (χ2n) is 10.5. The second-order valence-corrected chi connectivity index (χ2v) is 12.5. The van der Waals surface area contributed by atoms with E-state index in [0.29, 0.717) is 24.9 Å². The molecule has 1 unspecified atom stereocenters. The van der Waals surface area contributed by atoms with E-state index in [-0.39, 0.29) is 16.2 Å². The van der Waals surface area contributed by atoms with Gasteiger partial charge >= 0.3 is 6.18 Å². The largest absolute Gasteiger partial charge is 0.417 e. The smallest absolute Gasteiger partial charge is 0.347 e. The van der Waals surface area contributed by atoms with Crippen LogP contribution >= 0.6 is 0 Å². The number of rotatable bonds is 6. The predicted molar refractivity (Wildman–Crippen MR) is 130 cm³/mol. The van der Waals surface area contributed by atoms with Gasteiger partial charge in [-0.05, 0) is 54.0 Å². The van der Waals surface area contributed by atoms with E-state index in [1.165, 1.54) is 12.1 Å². The zero-order valence-corrected chi connectivity index (χ0v) is 20.7. The summed E-state index contributed by atoms with van der Waals surface area (Å²) in [5.74, 6) is 0. The van der Waals surface area contributed by atoms with Gasteiger partial charge in [0, 0.05) is 29.7 Å². The molecule has 1 fully saturated rings. The molecule has 1 N–H and O–H groups in total. The number of aromatic nitrogens is 1. The van der Waals surface area contributed by atoms with Gasteiger partial charge in [-0.2, -0.15) is 13.2 Å². The molecule has 1 atom stereocenters. The fourth-order valence-electron chi connectivity index (χ4n) is 4.54. The zero-order valence-electron chi connectivity index (χ0n) is 19.9. The Labute approximate surface area is 199 Å². The minimum absolute atomic E-state index is 0.0855. The van der Waals surface area contributed by atoms with E-state index in [1.807, 2.05) is 17.7 Å². The van der Waals surface area contributed by atoms with E-state index < -0.39 is 27.8 Å². The molecule has 1 aromatic heterocycles. The van der Waals surface area contributed by atoms with Crippen molar-refractivity contribution in [1.29, 1.82) is 0 Å². The molecule has 34 heavy (non-hydrogen) atoms. The number of nitrogens with zero attached hydrogens (tertiary/aromatic N) is 1. The van der Waals surface area contributed by atoms with Gasteiger partial charge in [0.05, 0.1) is 10.8 Å². The van der Waals surface area contributed by atoms with E-state index in [4.69, 9.17) is 0 Å².